The molecular formula is C12H10BrClN2OS. The molecule has 0 saturated carbocycles. The van der Waals surface area contributed by atoms with Gasteiger partial charge in [-0.3, -0.25) is 4.79 Å². The van der Waals surface area contributed by atoms with Crippen molar-refractivity contribution in [1.82, 2.24) is 10.3 Å². The van der Waals surface area contributed by atoms with Crippen molar-refractivity contribution >= 4 is 44.8 Å². The SMILES string of the molecule is CC(NC(=O)c1ccc(Br)c(Cl)c1)c1nccs1. The number of amides is 1. The molecule has 0 fully saturated rings. The van der Waals surface area contributed by atoms with Gasteiger partial charge in [-0.15, -0.1) is 11.3 Å². The molecule has 0 aliphatic heterocycles. The number of carbonyl (C=O) groups excluding carboxylic acids is 1. The lowest BCUT2D eigenvalue weighted by atomic mass is 10.2. The second kappa shape index (κ2) is 5.82. The summed E-state index contributed by atoms with van der Waals surface area (Å²) >= 11 is 10.8. The first kappa shape index (κ1) is 13.5. The predicted octanol–water partition coefficient (Wildman–Crippen LogP) is 4.05. The van der Waals surface area contributed by atoms with Crippen LogP contribution in [0.3, 0.4) is 0 Å². The number of rotatable bonds is 3. The Kier molecular flexibility index (Phi) is 4.37. The minimum absolute atomic E-state index is 0.111. The summed E-state index contributed by atoms with van der Waals surface area (Å²) in [5.41, 5.74) is 0.534. The van der Waals surface area contributed by atoms with Crippen LogP contribution in [0.15, 0.2) is 34.2 Å². The lowest BCUT2D eigenvalue weighted by Crippen LogP contribution is -2.26. The summed E-state index contributed by atoms with van der Waals surface area (Å²) in [5, 5.41) is 6.16. The average molecular weight is 346 g/mol. The maximum absolute atomic E-state index is 12.0. The molecule has 1 aromatic carbocycles. The Hall–Kier alpha value is -0.910. The van der Waals surface area contributed by atoms with E-state index in [1.165, 1.54) is 11.3 Å². The molecule has 1 unspecified atom stereocenters. The maximum Gasteiger partial charge on any atom is 0.251 e. The van der Waals surface area contributed by atoms with E-state index in [2.05, 4.69) is 26.2 Å². The Morgan fingerprint density at radius 3 is 2.94 bits per heavy atom. The molecule has 6 heteroatoms. The first-order valence-corrected chi connectivity index (χ1v) is 7.28. The van der Waals surface area contributed by atoms with E-state index < -0.39 is 0 Å². The summed E-state index contributed by atoms with van der Waals surface area (Å²) in [6.45, 7) is 1.90. The summed E-state index contributed by atoms with van der Waals surface area (Å²) in [6, 6.07) is 5.00. The van der Waals surface area contributed by atoms with Gasteiger partial charge in [0.25, 0.3) is 5.91 Å². The van der Waals surface area contributed by atoms with Crippen molar-refractivity contribution in [3.8, 4) is 0 Å². The van der Waals surface area contributed by atoms with Gasteiger partial charge >= 0.3 is 0 Å². The highest BCUT2D eigenvalue weighted by Gasteiger charge is 2.13. The molecule has 2 aromatic rings. The van der Waals surface area contributed by atoms with Crippen molar-refractivity contribution in [1.29, 1.82) is 0 Å². The Labute approximate surface area is 122 Å². The molecule has 94 valence electrons. The average Bonchev–Trinajstić information content (AvgIpc) is 2.86. The van der Waals surface area contributed by atoms with Crippen molar-refractivity contribution in [2.45, 2.75) is 13.0 Å². The number of hydrogen-bond donors (Lipinski definition) is 1. The van der Waals surface area contributed by atoms with Crippen LogP contribution in [-0.2, 0) is 0 Å². The van der Waals surface area contributed by atoms with Gasteiger partial charge in [0, 0.05) is 21.6 Å². The van der Waals surface area contributed by atoms with Gasteiger partial charge in [0.05, 0.1) is 11.1 Å². The second-order valence-electron chi connectivity index (χ2n) is 3.69. The van der Waals surface area contributed by atoms with Crippen LogP contribution in [0.1, 0.15) is 28.3 Å². The highest BCUT2D eigenvalue weighted by atomic mass is 79.9. The van der Waals surface area contributed by atoms with Gasteiger partial charge in [-0.05, 0) is 41.1 Å². The first-order valence-electron chi connectivity index (χ1n) is 5.23. The third-order valence-corrected chi connectivity index (χ3v) is 4.54. The lowest BCUT2D eigenvalue weighted by Gasteiger charge is -2.11. The van der Waals surface area contributed by atoms with Gasteiger partial charge in [0.15, 0.2) is 0 Å². The van der Waals surface area contributed by atoms with Gasteiger partial charge in [-0.2, -0.15) is 0 Å². The molecule has 0 saturated heterocycles. The molecule has 1 N–H and O–H groups in total. The summed E-state index contributed by atoms with van der Waals surface area (Å²) in [5.74, 6) is -0.160. The first-order chi connectivity index (χ1) is 8.58. The molecule has 3 nitrogen and oxygen atoms in total. The number of thiazole rings is 1. The third-order valence-electron chi connectivity index (χ3n) is 2.35. The fourth-order valence-electron chi connectivity index (χ4n) is 1.43. The topological polar surface area (TPSA) is 42.0 Å². The summed E-state index contributed by atoms with van der Waals surface area (Å²) in [4.78, 5) is 16.2. The van der Waals surface area contributed by atoms with Crippen LogP contribution in [0, 0.1) is 0 Å². The van der Waals surface area contributed by atoms with Crippen LogP contribution in [0.2, 0.25) is 5.02 Å². The minimum Gasteiger partial charge on any atom is -0.343 e. The number of halogens is 2. The van der Waals surface area contributed by atoms with E-state index in [-0.39, 0.29) is 11.9 Å². The predicted molar refractivity (Wildman–Crippen MR) is 77.1 cm³/mol. The molecule has 0 bridgehead atoms. The van der Waals surface area contributed by atoms with Crippen LogP contribution in [-0.4, -0.2) is 10.9 Å². The maximum atomic E-state index is 12.0. The molecule has 1 atom stereocenters. The zero-order valence-corrected chi connectivity index (χ0v) is 12.6. The van der Waals surface area contributed by atoms with Crippen LogP contribution in [0.25, 0.3) is 0 Å². The van der Waals surface area contributed by atoms with Crippen LogP contribution in [0.4, 0.5) is 0 Å². The Morgan fingerprint density at radius 1 is 1.56 bits per heavy atom. The zero-order valence-electron chi connectivity index (χ0n) is 9.48. The number of aromatic nitrogens is 1. The van der Waals surface area contributed by atoms with E-state index in [0.29, 0.717) is 10.6 Å². The standard InChI is InChI=1S/C12H10BrClN2OS/c1-7(12-15-4-5-18-12)16-11(17)8-2-3-9(13)10(14)6-8/h2-7H,1H3,(H,16,17). The molecule has 18 heavy (non-hydrogen) atoms. The van der Waals surface area contributed by atoms with Crippen molar-refractivity contribution in [2.75, 3.05) is 0 Å². The van der Waals surface area contributed by atoms with Crippen molar-refractivity contribution in [3.63, 3.8) is 0 Å². The van der Waals surface area contributed by atoms with Gasteiger partial charge in [-0.1, -0.05) is 11.6 Å². The van der Waals surface area contributed by atoms with E-state index in [9.17, 15) is 4.79 Å². The van der Waals surface area contributed by atoms with Gasteiger partial charge in [-0.25, -0.2) is 4.98 Å². The molecular weight excluding hydrogens is 336 g/mol. The molecule has 1 amide bonds. The van der Waals surface area contributed by atoms with Crippen molar-refractivity contribution < 1.29 is 4.79 Å². The number of nitrogens with one attached hydrogen (secondary N) is 1. The number of nitrogens with zero attached hydrogens (tertiary/aromatic N) is 1. The third kappa shape index (κ3) is 3.10. The number of hydrogen-bond acceptors (Lipinski definition) is 3. The molecule has 1 aromatic heterocycles. The lowest BCUT2D eigenvalue weighted by molar-refractivity contribution is 0.0940. The van der Waals surface area contributed by atoms with Gasteiger partial charge in [0.2, 0.25) is 0 Å². The van der Waals surface area contributed by atoms with E-state index in [1.54, 1.807) is 24.4 Å². The van der Waals surface area contributed by atoms with E-state index in [1.807, 2.05) is 12.3 Å². The summed E-state index contributed by atoms with van der Waals surface area (Å²) in [7, 11) is 0. The van der Waals surface area contributed by atoms with Crippen LogP contribution < -0.4 is 5.32 Å². The number of carbonyl (C=O) groups is 1. The van der Waals surface area contributed by atoms with E-state index >= 15 is 0 Å². The van der Waals surface area contributed by atoms with Crippen LogP contribution >= 0.6 is 38.9 Å². The van der Waals surface area contributed by atoms with Crippen molar-refractivity contribution in [3.05, 3.63) is 49.8 Å². The molecule has 2 rings (SSSR count). The summed E-state index contributed by atoms with van der Waals surface area (Å²) in [6.07, 6.45) is 1.72. The molecule has 0 aliphatic rings. The zero-order chi connectivity index (χ0) is 13.1. The summed E-state index contributed by atoms with van der Waals surface area (Å²) < 4.78 is 0.772. The monoisotopic (exact) mass is 344 g/mol. The van der Waals surface area contributed by atoms with Crippen molar-refractivity contribution in [2.24, 2.45) is 0 Å². The normalized spacial score (nSPS) is 12.2. The van der Waals surface area contributed by atoms with E-state index in [0.717, 1.165) is 9.48 Å². The Bertz CT molecular complexity index is 559. The fraction of sp³-hybridized carbons (Fsp3) is 0.167. The quantitative estimate of drug-likeness (QED) is 0.912. The molecule has 1 heterocycles. The highest BCUT2D eigenvalue weighted by molar-refractivity contribution is 9.10. The van der Waals surface area contributed by atoms with Crippen LogP contribution in [0.5, 0.6) is 0 Å². The molecule has 0 radical (unpaired) electrons. The Balaban J connectivity index is 2.10. The smallest absolute Gasteiger partial charge is 0.251 e. The molecule has 0 aliphatic carbocycles. The fourth-order valence-corrected chi connectivity index (χ4v) is 2.50. The minimum atomic E-state index is -0.160. The highest BCUT2D eigenvalue weighted by Crippen LogP contribution is 2.23. The Morgan fingerprint density at radius 2 is 2.33 bits per heavy atom. The van der Waals surface area contributed by atoms with Gasteiger partial charge in [0.1, 0.15) is 5.01 Å². The van der Waals surface area contributed by atoms with Gasteiger partial charge < -0.3 is 5.32 Å². The number of benzene rings is 1. The second-order valence-corrected chi connectivity index (χ2v) is 5.88. The van der Waals surface area contributed by atoms with E-state index in [4.69, 9.17) is 11.6 Å². The largest absolute Gasteiger partial charge is 0.343 e. The molecule has 0 spiro atoms.